The Kier molecular flexibility index (Phi) is 3.77. The maximum atomic E-state index is 4.26. The lowest BCUT2D eigenvalue weighted by atomic mass is 10.0. The molecule has 0 aliphatic rings. The van der Waals surface area contributed by atoms with Crippen molar-refractivity contribution in [3.63, 3.8) is 0 Å². The molecule has 0 saturated carbocycles. The van der Waals surface area contributed by atoms with Crippen molar-refractivity contribution in [3.05, 3.63) is 39.4 Å². The monoisotopic (exact) mass is 309 g/mol. The minimum atomic E-state index is 0.0427. The zero-order valence-electron chi connectivity index (χ0n) is 10.9. The van der Waals surface area contributed by atoms with Crippen LogP contribution in [0.5, 0.6) is 0 Å². The summed E-state index contributed by atoms with van der Waals surface area (Å²) < 4.78 is 2.85. The summed E-state index contributed by atoms with van der Waals surface area (Å²) in [5.74, 6) is 0. The van der Waals surface area contributed by atoms with Crippen molar-refractivity contribution in [3.8, 4) is 0 Å². The van der Waals surface area contributed by atoms with Crippen LogP contribution in [-0.4, -0.2) is 27.0 Å². The highest BCUT2D eigenvalue weighted by Gasteiger charge is 2.21. The third-order valence-electron chi connectivity index (χ3n) is 2.95. The van der Waals surface area contributed by atoms with Gasteiger partial charge in [0.05, 0.1) is 33.8 Å². The lowest BCUT2D eigenvalue weighted by Gasteiger charge is -2.19. The van der Waals surface area contributed by atoms with Gasteiger partial charge in [-0.25, -0.2) is 0 Å². The SMILES string of the molecule is CNC(c1cc(C)nnc1C)c1c(Br)cnn1C. The van der Waals surface area contributed by atoms with Crippen LogP contribution in [0.4, 0.5) is 0 Å². The second-order valence-corrected chi connectivity index (χ2v) is 5.10. The molecule has 2 aromatic heterocycles. The summed E-state index contributed by atoms with van der Waals surface area (Å²) in [6.45, 7) is 3.91. The Morgan fingerprint density at radius 3 is 2.61 bits per heavy atom. The molecule has 2 aromatic rings. The van der Waals surface area contributed by atoms with Gasteiger partial charge in [-0.05, 0) is 42.9 Å². The highest BCUT2D eigenvalue weighted by Crippen LogP contribution is 2.29. The fraction of sp³-hybridized carbons (Fsp3) is 0.417. The molecule has 2 heterocycles. The summed E-state index contributed by atoms with van der Waals surface area (Å²) in [4.78, 5) is 0. The fourth-order valence-electron chi connectivity index (χ4n) is 2.05. The normalized spacial score (nSPS) is 12.7. The molecule has 0 aliphatic carbocycles. The van der Waals surface area contributed by atoms with Gasteiger partial charge in [-0.3, -0.25) is 4.68 Å². The maximum Gasteiger partial charge on any atom is 0.0776 e. The van der Waals surface area contributed by atoms with Crippen LogP contribution in [0.25, 0.3) is 0 Å². The Hall–Kier alpha value is -1.27. The Morgan fingerprint density at radius 1 is 1.33 bits per heavy atom. The Labute approximate surface area is 115 Å². The molecule has 0 spiro atoms. The highest BCUT2D eigenvalue weighted by molar-refractivity contribution is 9.10. The Balaban J connectivity index is 2.55. The van der Waals surface area contributed by atoms with E-state index in [9.17, 15) is 0 Å². The average Bonchev–Trinajstić information content (AvgIpc) is 2.66. The van der Waals surface area contributed by atoms with E-state index in [1.807, 2.05) is 32.6 Å². The van der Waals surface area contributed by atoms with Crippen molar-refractivity contribution in [2.75, 3.05) is 7.05 Å². The lowest BCUT2D eigenvalue weighted by molar-refractivity contribution is 0.596. The molecule has 1 N–H and O–H groups in total. The summed E-state index contributed by atoms with van der Waals surface area (Å²) in [5, 5.41) is 15.8. The molecule has 0 aliphatic heterocycles. The molecule has 0 aromatic carbocycles. The summed E-state index contributed by atoms with van der Waals surface area (Å²) in [7, 11) is 3.86. The van der Waals surface area contributed by atoms with Gasteiger partial charge in [0, 0.05) is 12.6 Å². The Morgan fingerprint density at radius 2 is 2.06 bits per heavy atom. The van der Waals surface area contributed by atoms with Gasteiger partial charge in [0.1, 0.15) is 0 Å². The van der Waals surface area contributed by atoms with Crippen LogP contribution in [0, 0.1) is 13.8 Å². The highest BCUT2D eigenvalue weighted by atomic mass is 79.9. The van der Waals surface area contributed by atoms with Crippen molar-refractivity contribution >= 4 is 15.9 Å². The molecule has 0 amide bonds. The molecule has 0 bridgehead atoms. The van der Waals surface area contributed by atoms with Gasteiger partial charge >= 0.3 is 0 Å². The van der Waals surface area contributed by atoms with E-state index in [1.54, 1.807) is 6.20 Å². The van der Waals surface area contributed by atoms with E-state index >= 15 is 0 Å². The zero-order valence-corrected chi connectivity index (χ0v) is 12.5. The van der Waals surface area contributed by atoms with Crippen molar-refractivity contribution in [2.24, 2.45) is 7.05 Å². The topological polar surface area (TPSA) is 55.6 Å². The van der Waals surface area contributed by atoms with Gasteiger partial charge in [0.25, 0.3) is 0 Å². The van der Waals surface area contributed by atoms with Gasteiger partial charge in [-0.1, -0.05) is 0 Å². The molecule has 1 unspecified atom stereocenters. The van der Waals surface area contributed by atoms with Crippen molar-refractivity contribution in [2.45, 2.75) is 19.9 Å². The molecule has 1 atom stereocenters. The van der Waals surface area contributed by atoms with Gasteiger partial charge in [-0.15, -0.1) is 0 Å². The lowest BCUT2D eigenvalue weighted by Crippen LogP contribution is -2.22. The first-order chi connectivity index (χ1) is 8.54. The number of hydrogen-bond acceptors (Lipinski definition) is 4. The minimum absolute atomic E-state index is 0.0427. The summed E-state index contributed by atoms with van der Waals surface area (Å²) in [6, 6.07) is 2.10. The molecule has 18 heavy (non-hydrogen) atoms. The first kappa shape index (κ1) is 13.2. The maximum absolute atomic E-state index is 4.26. The quantitative estimate of drug-likeness (QED) is 0.941. The summed E-state index contributed by atoms with van der Waals surface area (Å²) >= 11 is 3.54. The molecule has 6 heteroatoms. The number of aryl methyl sites for hydroxylation is 3. The second kappa shape index (κ2) is 5.16. The van der Waals surface area contributed by atoms with Crippen LogP contribution in [0.3, 0.4) is 0 Å². The van der Waals surface area contributed by atoms with Gasteiger partial charge < -0.3 is 5.32 Å². The van der Waals surface area contributed by atoms with Gasteiger partial charge in [0.2, 0.25) is 0 Å². The van der Waals surface area contributed by atoms with E-state index in [0.717, 1.165) is 27.1 Å². The standard InChI is InChI=1S/C12H16BrN5/c1-7-5-9(8(2)17-16-7)11(14-3)12-10(13)6-15-18(12)4/h5-6,11,14H,1-4H3. The first-order valence-corrected chi connectivity index (χ1v) is 6.49. The van der Waals surface area contributed by atoms with Gasteiger partial charge in [0.15, 0.2) is 0 Å². The molecule has 96 valence electrons. The number of nitrogens with zero attached hydrogens (tertiary/aromatic N) is 4. The second-order valence-electron chi connectivity index (χ2n) is 4.25. The smallest absolute Gasteiger partial charge is 0.0776 e. The number of aromatic nitrogens is 4. The van der Waals surface area contributed by atoms with Crippen LogP contribution in [-0.2, 0) is 7.05 Å². The molecule has 0 saturated heterocycles. The van der Waals surface area contributed by atoms with Crippen molar-refractivity contribution < 1.29 is 0 Å². The molecule has 2 rings (SSSR count). The van der Waals surface area contributed by atoms with E-state index in [0.29, 0.717) is 0 Å². The van der Waals surface area contributed by atoms with E-state index in [1.165, 1.54) is 0 Å². The zero-order chi connectivity index (χ0) is 13.3. The molecule has 0 radical (unpaired) electrons. The van der Waals surface area contributed by atoms with Gasteiger partial charge in [-0.2, -0.15) is 15.3 Å². The van der Waals surface area contributed by atoms with Crippen molar-refractivity contribution in [1.82, 2.24) is 25.3 Å². The number of rotatable bonds is 3. The van der Waals surface area contributed by atoms with Crippen LogP contribution in [0.1, 0.15) is 28.7 Å². The largest absolute Gasteiger partial charge is 0.308 e. The number of nitrogens with one attached hydrogen (secondary N) is 1. The Bertz CT molecular complexity index is 544. The van der Waals surface area contributed by atoms with E-state index < -0.39 is 0 Å². The third-order valence-corrected chi connectivity index (χ3v) is 3.56. The van der Waals surface area contributed by atoms with E-state index in [4.69, 9.17) is 0 Å². The molecule has 0 fully saturated rings. The predicted octanol–water partition coefficient (Wildman–Crippen LogP) is 1.90. The van der Waals surface area contributed by atoms with Crippen LogP contribution >= 0.6 is 15.9 Å². The minimum Gasteiger partial charge on any atom is -0.308 e. The summed E-state index contributed by atoms with van der Waals surface area (Å²) in [6.07, 6.45) is 1.80. The molecular formula is C12H16BrN5. The predicted molar refractivity (Wildman–Crippen MR) is 73.3 cm³/mol. The van der Waals surface area contributed by atoms with Crippen molar-refractivity contribution in [1.29, 1.82) is 0 Å². The molecule has 5 nitrogen and oxygen atoms in total. The average molecular weight is 310 g/mol. The molecular weight excluding hydrogens is 294 g/mol. The number of hydrogen-bond donors (Lipinski definition) is 1. The van der Waals surface area contributed by atoms with Crippen LogP contribution < -0.4 is 5.32 Å². The van der Waals surface area contributed by atoms with E-state index in [-0.39, 0.29) is 6.04 Å². The number of halogens is 1. The van der Waals surface area contributed by atoms with E-state index in [2.05, 4.69) is 42.6 Å². The van der Waals surface area contributed by atoms with Crippen LogP contribution in [0.15, 0.2) is 16.7 Å². The fourth-order valence-corrected chi connectivity index (χ4v) is 2.62. The first-order valence-electron chi connectivity index (χ1n) is 5.70. The van der Waals surface area contributed by atoms with Crippen LogP contribution in [0.2, 0.25) is 0 Å². The third kappa shape index (κ3) is 2.30. The summed E-state index contributed by atoms with van der Waals surface area (Å²) in [5.41, 5.74) is 4.03.